The van der Waals surface area contributed by atoms with Crippen LogP contribution in [-0.2, 0) is 11.3 Å². The number of carbonyl (C=O) groups is 1. The number of aromatic nitrogens is 4. The maximum absolute atomic E-state index is 12.3. The number of ether oxygens (including phenoxy) is 1. The minimum atomic E-state index is -4.77. The van der Waals surface area contributed by atoms with Gasteiger partial charge < -0.3 is 14.1 Å². The molecule has 2 aromatic heterocycles. The minimum absolute atomic E-state index is 0.0752. The van der Waals surface area contributed by atoms with Crippen LogP contribution in [0.2, 0.25) is 0 Å². The molecule has 3 aromatic rings. The van der Waals surface area contributed by atoms with Crippen LogP contribution >= 0.6 is 11.8 Å². The molecule has 1 aromatic carbocycles. The van der Waals surface area contributed by atoms with Crippen molar-refractivity contribution in [2.24, 2.45) is 0 Å². The van der Waals surface area contributed by atoms with Crippen LogP contribution in [0, 0.1) is 6.92 Å². The van der Waals surface area contributed by atoms with Crippen LogP contribution in [0.25, 0.3) is 5.69 Å². The summed E-state index contributed by atoms with van der Waals surface area (Å²) in [7, 11) is 1.66. The molecule has 12 heteroatoms. The van der Waals surface area contributed by atoms with Gasteiger partial charge in [-0.15, -0.1) is 18.3 Å². The standard InChI is InChI=1S/C17H16F3N5O3S/c1-11-3-6-14(27-11)9-24(2)15(26)10-29-16-21-22-23-25(16)12-4-7-13(8-5-12)28-17(18,19)20/h3-8H,9-10H2,1-2H3. The van der Waals surface area contributed by atoms with E-state index in [0.717, 1.165) is 29.7 Å². The first-order valence-electron chi connectivity index (χ1n) is 8.28. The van der Waals surface area contributed by atoms with Crippen molar-refractivity contribution in [1.29, 1.82) is 0 Å². The van der Waals surface area contributed by atoms with Crippen molar-refractivity contribution >= 4 is 17.7 Å². The minimum Gasteiger partial charge on any atom is -0.464 e. The average molecular weight is 427 g/mol. The lowest BCUT2D eigenvalue weighted by Crippen LogP contribution is -2.27. The number of amides is 1. The number of halogens is 3. The molecule has 1 amide bonds. The van der Waals surface area contributed by atoms with Gasteiger partial charge in [-0.25, -0.2) is 0 Å². The summed E-state index contributed by atoms with van der Waals surface area (Å²) in [5.41, 5.74) is 0.430. The third kappa shape index (κ3) is 5.73. The molecule has 8 nitrogen and oxygen atoms in total. The van der Waals surface area contributed by atoms with Gasteiger partial charge >= 0.3 is 6.36 Å². The number of aryl methyl sites for hydroxylation is 1. The Morgan fingerprint density at radius 2 is 1.97 bits per heavy atom. The summed E-state index contributed by atoms with van der Waals surface area (Å²) in [4.78, 5) is 13.9. The van der Waals surface area contributed by atoms with Gasteiger partial charge in [0.05, 0.1) is 18.0 Å². The second kappa shape index (κ2) is 8.55. The highest BCUT2D eigenvalue weighted by atomic mass is 32.2. The van der Waals surface area contributed by atoms with Crippen LogP contribution < -0.4 is 4.74 Å². The average Bonchev–Trinajstić information content (AvgIpc) is 3.27. The highest BCUT2D eigenvalue weighted by Crippen LogP contribution is 2.25. The third-order valence-electron chi connectivity index (χ3n) is 3.70. The maximum Gasteiger partial charge on any atom is 0.573 e. The van der Waals surface area contributed by atoms with Gasteiger partial charge in [-0.05, 0) is 53.7 Å². The quantitative estimate of drug-likeness (QED) is 0.535. The van der Waals surface area contributed by atoms with Gasteiger partial charge in [-0.1, -0.05) is 11.8 Å². The summed E-state index contributed by atoms with van der Waals surface area (Å²) < 4.78 is 47.4. The van der Waals surface area contributed by atoms with Gasteiger partial charge in [0.2, 0.25) is 11.1 Å². The molecule has 0 aliphatic carbocycles. The number of benzene rings is 1. The van der Waals surface area contributed by atoms with Crippen molar-refractivity contribution in [3.05, 3.63) is 47.9 Å². The third-order valence-corrected chi connectivity index (χ3v) is 4.60. The van der Waals surface area contributed by atoms with Gasteiger partial charge in [0.25, 0.3) is 0 Å². The number of rotatable bonds is 7. The molecule has 0 spiro atoms. The fourth-order valence-electron chi connectivity index (χ4n) is 2.35. The van der Waals surface area contributed by atoms with E-state index >= 15 is 0 Å². The highest BCUT2D eigenvalue weighted by Gasteiger charge is 2.31. The summed E-state index contributed by atoms with van der Waals surface area (Å²) in [6.07, 6.45) is -4.77. The molecule has 0 N–H and O–H groups in total. The van der Waals surface area contributed by atoms with Gasteiger partial charge in [-0.2, -0.15) is 4.68 Å². The molecule has 0 radical (unpaired) electrons. The van der Waals surface area contributed by atoms with E-state index in [9.17, 15) is 18.0 Å². The summed E-state index contributed by atoms with van der Waals surface area (Å²) in [6, 6.07) is 8.70. The number of tetrazole rings is 1. The Kier molecular flexibility index (Phi) is 6.11. The Hall–Kier alpha value is -3.02. The molecule has 0 aliphatic rings. The normalized spacial score (nSPS) is 11.5. The second-order valence-corrected chi connectivity index (χ2v) is 6.91. The zero-order valence-corrected chi connectivity index (χ0v) is 16.2. The van der Waals surface area contributed by atoms with E-state index in [0.29, 0.717) is 23.1 Å². The monoisotopic (exact) mass is 427 g/mol. The largest absolute Gasteiger partial charge is 0.573 e. The molecule has 2 heterocycles. The number of nitrogens with zero attached hydrogens (tertiary/aromatic N) is 5. The lowest BCUT2D eigenvalue weighted by Gasteiger charge is -2.15. The molecule has 0 aliphatic heterocycles. The first-order chi connectivity index (χ1) is 13.7. The van der Waals surface area contributed by atoms with Crippen LogP contribution in [0.15, 0.2) is 46.0 Å². The number of hydrogen-bond donors (Lipinski definition) is 0. The van der Waals surface area contributed by atoms with Crippen LogP contribution in [0.3, 0.4) is 0 Å². The molecule has 0 saturated carbocycles. The SMILES string of the molecule is Cc1ccc(CN(C)C(=O)CSc2nnnn2-c2ccc(OC(F)(F)F)cc2)o1. The molecule has 29 heavy (non-hydrogen) atoms. The van der Waals surface area contributed by atoms with Crippen LogP contribution in [0.1, 0.15) is 11.5 Å². The Morgan fingerprint density at radius 3 is 2.59 bits per heavy atom. The zero-order chi connectivity index (χ0) is 21.0. The van der Waals surface area contributed by atoms with Gasteiger partial charge in [-0.3, -0.25) is 4.79 Å². The number of carbonyl (C=O) groups excluding carboxylic acids is 1. The zero-order valence-electron chi connectivity index (χ0n) is 15.4. The van der Waals surface area contributed by atoms with Crippen molar-refractivity contribution in [2.75, 3.05) is 12.8 Å². The molecule has 0 atom stereocenters. The van der Waals surface area contributed by atoms with Crippen molar-refractivity contribution in [3.8, 4) is 11.4 Å². The first-order valence-corrected chi connectivity index (χ1v) is 9.26. The molecule has 0 bridgehead atoms. The van der Waals surface area contributed by atoms with Crippen molar-refractivity contribution in [3.63, 3.8) is 0 Å². The van der Waals surface area contributed by atoms with E-state index in [1.54, 1.807) is 13.1 Å². The molecular weight excluding hydrogens is 411 g/mol. The lowest BCUT2D eigenvalue weighted by atomic mass is 10.3. The fourth-order valence-corrected chi connectivity index (χ4v) is 3.18. The number of alkyl halides is 3. The molecule has 0 fully saturated rings. The summed E-state index contributed by atoms with van der Waals surface area (Å²) >= 11 is 1.11. The van der Waals surface area contributed by atoms with Crippen molar-refractivity contribution < 1.29 is 27.1 Å². The topological polar surface area (TPSA) is 86.3 Å². The van der Waals surface area contributed by atoms with Crippen molar-refractivity contribution in [2.45, 2.75) is 25.0 Å². The van der Waals surface area contributed by atoms with E-state index in [1.807, 2.05) is 13.0 Å². The van der Waals surface area contributed by atoms with E-state index in [4.69, 9.17) is 4.42 Å². The summed E-state index contributed by atoms with van der Waals surface area (Å²) in [5, 5.41) is 11.6. The van der Waals surface area contributed by atoms with E-state index in [2.05, 4.69) is 20.3 Å². The van der Waals surface area contributed by atoms with E-state index in [1.165, 1.54) is 21.7 Å². The van der Waals surface area contributed by atoms with Crippen LogP contribution in [0.4, 0.5) is 13.2 Å². The Balaban J connectivity index is 1.60. The molecule has 0 unspecified atom stereocenters. The van der Waals surface area contributed by atoms with Gasteiger partial charge in [0.1, 0.15) is 17.3 Å². The predicted octanol–water partition coefficient (Wildman–Crippen LogP) is 3.21. The molecule has 0 saturated heterocycles. The van der Waals surface area contributed by atoms with Gasteiger partial charge in [0, 0.05) is 7.05 Å². The summed E-state index contributed by atoms with van der Waals surface area (Å²) in [5.74, 6) is 1.00. The smallest absolute Gasteiger partial charge is 0.464 e. The van der Waals surface area contributed by atoms with E-state index in [-0.39, 0.29) is 17.4 Å². The Labute approximate surface area is 167 Å². The predicted molar refractivity (Wildman–Crippen MR) is 96.5 cm³/mol. The number of hydrogen-bond acceptors (Lipinski definition) is 7. The van der Waals surface area contributed by atoms with Crippen LogP contribution in [0.5, 0.6) is 5.75 Å². The summed E-state index contributed by atoms with van der Waals surface area (Å²) in [6.45, 7) is 2.15. The van der Waals surface area contributed by atoms with E-state index < -0.39 is 6.36 Å². The maximum atomic E-state index is 12.3. The van der Waals surface area contributed by atoms with Gasteiger partial charge in [0.15, 0.2) is 0 Å². The first kappa shape index (κ1) is 20.7. The number of thioether (sulfide) groups is 1. The Morgan fingerprint density at radius 1 is 1.24 bits per heavy atom. The molecular formula is C17H16F3N5O3S. The molecule has 3 rings (SSSR count). The number of furan rings is 1. The second-order valence-electron chi connectivity index (χ2n) is 5.97. The molecule has 154 valence electrons. The fraction of sp³-hybridized carbons (Fsp3) is 0.294. The lowest BCUT2D eigenvalue weighted by molar-refractivity contribution is -0.274. The van der Waals surface area contributed by atoms with Crippen LogP contribution in [-0.4, -0.2) is 50.2 Å². The Bertz CT molecular complexity index is 971. The van der Waals surface area contributed by atoms with Crippen molar-refractivity contribution in [1.82, 2.24) is 25.1 Å². The highest BCUT2D eigenvalue weighted by molar-refractivity contribution is 7.99.